The molecule has 0 aliphatic rings. The van der Waals surface area contributed by atoms with Gasteiger partial charge in [0.25, 0.3) is 0 Å². The first kappa shape index (κ1) is 324. The Balaban J connectivity index is 0. The third-order valence-corrected chi connectivity index (χ3v) is 0. The van der Waals surface area contributed by atoms with Crippen molar-refractivity contribution in [1.29, 1.82) is 0 Å². The van der Waals surface area contributed by atoms with E-state index in [4.69, 9.17) is 0 Å². The van der Waals surface area contributed by atoms with Gasteiger partial charge in [-0.25, -0.2) is 0 Å². The summed E-state index contributed by atoms with van der Waals surface area (Å²) in [6.45, 7) is 0. The van der Waals surface area contributed by atoms with Crippen LogP contribution >= 0.6 is 0 Å². The predicted molar refractivity (Wildman–Crippen MR) is 48.1 cm³/mol. The molecular weight excluding hydrogens is 936 g/mol. The Hall–Kier alpha value is 40.0. The fourth-order valence-corrected chi connectivity index (χ4v) is 0. The van der Waals surface area contributed by atoms with Crippen LogP contribution in [-0.4, -0.2) is 5.48 Å². The summed E-state index contributed by atoms with van der Waals surface area (Å²) in [5.74, 6) is 0. The van der Waals surface area contributed by atoms with Crippen molar-refractivity contribution in [1.82, 2.24) is 0 Å². The predicted octanol–water partition coefficient (Wildman–Crippen LogP) is -116. The summed E-state index contributed by atoms with van der Waals surface area (Å²) in [5.41, 5.74) is 0. The first-order valence-corrected chi connectivity index (χ1v) is 0. The first-order valence-electron chi connectivity index (χ1n) is 0. The van der Waals surface area contributed by atoms with Crippen LogP contribution in [0.25, 0.3) is 0 Å². The Morgan fingerprint density at radius 2 is 0.0732 bits per heavy atom. The third-order valence-electron chi connectivity index (χ3n) is 0. The Kier molecular flexibility index (Phi) is 2470. The topological polar surface area (TPSA) is 31.5 Å². The molecule has 0 amide bonds. The molecule has 0 radical (unpaired) electrons. The average molecular weight is 978 g/mol. The summed E-state index contributed by atoms with van der Waals surface area (Å²) in [7, 11) is 0. The van der Waals surface area contributed by atoms with E-state index < -0.39 is 0 Å². The van der Waals surface area contributed by atoms with Crippen molar-refractivity contribution in [2.75, 3.05) is 0 Å². The second kappa shape index (κ2) is 312. The van der Waals surface area contributed by atoms with E-state index in [9.17, 15) is 0 Å². The molecule has 41 heteroatoms. The maximum absolute atomic E-state index is 0. The van der Waals surface area contributed by atoms with Gasteiger partial charge in [0.2, 0.25) is 0 Å². The summed E-state index contributed by atoms with van der Waals surface area (Å²) in [6.07, 6.45) is 0. The molecule has 0 fully saturated rings. The normalized spacial score (nSPS) is 0. The maximum atomic E-state index is 0. The van der Waals surface area contributed by atoms with Gasteiger partial charge in [-0.15, -0.1) is 0 Å². The fourth-order valence-electron chi connectivity index (χ4n) is 0. The Labute approximate surface area is 1200 Å². The first-order chi connectivity index (χ1) is 0. The zero-order valence-corrected chi connectivity index (χ0v) is 120. The van der Waals surface area contributed by atoms with E-state index in [0.717, 1.165) is 0 Å². The fraction of sp³-hybridized carbons (Fsp3) is 0. The van der Waals surface area contributed by atoms with Crippen molar-refractivity contribution in [3.05, 3.63) is 0 Å². The maximum Gasteiger partial charge on any atom is 1.00 e. The van der Waals surface area contributed by atoms with E-state index in [1.165, 1.54) is 0 Å². The second-order valence-electron chi connectivity index (χ2n) is 0. The summed E-state index contributed by atoms with van der Waals surface area (Å²) in [5, 5.41) is 0. The van der Waals surface area contributed by atoms with Crippen LogP contribution in [0.15, 0.2) is 0 Å². The van der Waals surface area contributed by atoms with Crippen molar-refractivity contribution in [3.8, 4) is 0 Å². The summed E-state index contributed by atoms with van der Waals surface area (Å²) in [6, 6.07) is 0. The molecule has 1 nitrogen and oxygen atoms in total. The minimum absolute atomic E-state index is 0. The van der Waals surface area contributed by atoms with Gasteiger partial charge in [0, 0.05) is 0 Å². The van der Waals surface area contributed by atoms with E-state index in [0.29, 0.717) is 0 Å². The van der Waals surface area contributed by atoms with Gasteiger partial charge in [-0.3, -0.25) is 0 Å². The summed E-state index contributed by atoms with van der Waals surface area (Å²) < 4.78 is 0. The average Bonchev–Trinajstić information content (AvgIpc) is 0. The van der Waals surface area contributed by atoms with E-state index in [-0.39, 0.29) is 1240 Å². The van der Waals surface area contributed by atoms with Crippen LogP contribution in [0.5, 0.6) is 0 Å². The zero-order valence-electron chi connectivity index (χ0n) is 80.5. The van der Waals surface area contributed by atoms with E-state index in [1.54, 1.807) is 0 Å². The molecular formula is H42Na40O. The van der Waals surface area contributed by atoms with Gasteiger partial charge < -0.3 is 62.5 Å². The van der Waals surface area contributed by atoms with Crippen LogP contribution in [0, 0.1) is 0 Å². The molecule has 88 valence electrons. The van der Waals surface area contributed by atoms with Crippen LogP contribution in [0.4, 0.5) is 0 Å². The molecule has 0 saturated carbocycles. The minimum Gasteiger partial charge on any atom is -1.00 e. The molecule has 0 spiro atoms. The summed E-state index contributed by atoms with van der Waals surface area (Å²) >= 11 is 0. The third kappa shape index (κ3) is 304. The van der Waals surface area contributed by atoms with Crippen molar-refractivity contribution in [2.45, 2.75) is 0 Å². The van der Waals surface area contributed by atoms with Gasteiger partial charge in [-0.2, -0.15) is 0 Å². The molecule has 0 aliphatic heterocycles. The molecule has 0 aliphatic carbocycles. The Morgan fingerprint density at radius 1 is 0.0732 bits per heavy atom. The molecule has 0 aromatic carbocycles. The van der Waals surface area contributed by atoms with Crippen LogP contribution in [0.3, 0.4) is 0 Å². The van der Waals surface area contributed by atoms with Crippen molar-refractivity contribution >= 4 is 0 Å². The van der Waals surface area contributed by atoms with Crippen molar-refractivity contribution in [2.24, 2.45) is 0 Å². The molecule has 0 aromatic heterocycles. The molecule has 0 atom stereocenters. The minimum atomic E-state index is 0. The summed E-state index contributed by atoms with van der Waals surface area (Å²) in [4.78, 5) is 0. The second-order valence-corrected chi connectivity index (χ2v) is 0. The molecule has 0 saturated heterocycles. The zero-order chi connectivity index (χ0) is 0. The van der Waals surface area contributed by atoms with Gasteiger partial charge in [0.1, 0.15) is 0 Å². The Bertz CT molecular complexity index is 87.8. The van der Waals surface area contributed by atoms with Gasteiger partial charge in [0.15, 0.2) is 0 Å². The van der Waals surface area contributed by atoms with E-state index >= 15 is 0 Å². The Morgan fingerprint density at radius 3 is 0.0732 bits per heavy atom. The van der Waals surface area contributed by atoms with Gasteiger partial charge in [0.05, 0.1) is 0 Å². The van der Waals surface area contributed by atoms with Gasteiger partial charge in [-0.1, -0.05) is 0 Å². The van der Waals surface area contributed by atoms with E-state index in [1.807, 2.05) is 0 Å². The molecule has 0 bridgehead atoms. The van der Waals surface area contributed by atoms with Crippen LogP contribution in [0.1, 0.15) is 57.1 Å². The van der Waals surface area contributed by atoms with Gasteiger partial charge >= 0.3 is 1180 Å². The standard InChI is InChI=1S/40Na.H2O.40H/h;;;;;;;;;;;;;;;;;;;;;;;;;;;;;;;;;;;;;;;;1H2;;;;;;;;;;;;;;;;;;;;;;;;;;;;;;;;;;;;;;;;/q40*+1;;40*-1. The number of hydrogen-bond acceptors (Lipinski definition) is 0. The molecule has 0 rings (SSSR count). The van der Waals surface area contributed by atoms with Crippen LogP contribution in [-0.2, 0) is 0 Å². The van der Waals surface area contributed by atoms with Gasteiger partial charge in [-0.05, 0) is 0 Å². The van der Waals surface area contributed by atoms with Crippen molar-refractivity contribution < 1.29 is 1240 Å². The smallest absolute Gasteiger partial charge is 1.00 e. The molecule has 41 heavy (non-hydrogen) atoms. The molecule has 2 N–H and O–H groups in total. The van der Waals surface area contributed by atoms with E-state index in [2.05, 4.69) is 0 Å². The quantitative estimate of drug-likeness (QED) is 0.217. The SMILES string of the molecule is O.[H-].[H-].[H-].[H-].[H-].[H-].[H-].[H-].[H-].[H-].[H-].[H-].[H-].[H-].[H-].[H-].[H-].[H-].[H-].[H-].[H-].[H-].[H-].[H-].[H-].[H-].[H-].[H-].[H-].[H-].[H-].[H-].[H-].[H-].[H-].[H-].[H-].[H-].[H-].[H-].[Na+].[Na+].[Na+].[Na+].[Na+].[Na+].[Na+].[Na+].[Na+].[Na+].[Na+].[Na+].[Na+].[Na+].[Na+].[Na+].[Na+].[Na+].[Na+].[Na+].[Na+].[Na+].[Na+].[Na+].[Na+].[Na+].[Na+].[Na+].[Na+].[Na+].[Na+].[Na+].[Na+].[Na+].[Na+].[Na+].[Na+].[Na+].[Na+].[Na+]. The van der Waals surface area contributed by atoms with Crippen LogP contribution in [0.2, 0.25) is 0 Å². The molecule has 0 unspecified atom stereocenters. The van der Waals surface area contributed by atoms with Crippen molar-refractivity contribution in [3.63, 3.8) is 0 Å². The number of hydrogen-bond donors (Lipinski definition) is 0. The largest absolute Gasteiger partial charge is 1.00 e. The molecule has 0 aromatic rings. The molecule has 0 heterocycles. The van der Waals surface area contributed by atoms with Crippen LogP contribution < -0.4 is 1180 Å². The monoisotopic (exact) mass is 978 g/mol. The number of rotatable bonds is 0.